The lowest BCUT2D eigenvalue weighted by Gasteiger charge is -1.94. The summed E-state index contributed by atoms with van der Waals surface area (Å²) < 4.78 is 10.0. The maximum Gasteiger partial charge on any atom is 0.329 e. The van der Waals surface area contributed by atoms with Gasteiger partial charge in [-0.1, -0.05) is 12.2 Å². The van der Waals surface area contributed by atoms with Crippen LogP contribution in [0.3, 0.4) is 0 Å². The Morgan fingerprint density at radius 3 is 2.25 bits per heavy atom. The standard InChI is InChI=1S/C4H8O3P/c1-2-3-4-8(5,6)7/h2-3H,1,4H2,(H2,5,6,7)/b3-2+. The minimum Gasteiger partial charge on any atom is -0.324 e. The van der Waals surface area contributed by atoms with Gasteiger partial charge in [0.05, 0.1) is 6.16 Å². The number of allylic oxidation sites excluding steroid dienone is 2. The zero-order valence-electron chi connectivity index (χ0n) is 4.32. The van der Waals surface area contributed by atoms with Crippen molar-refractivity contribution >= 4 is 7.60 Å². The smallest absolute Gasteiger partial charge is 0.324 e. The molecule has 1 radical (unpaired) electrons. The number of hydrogen-bond acceptors (Lipinski definition) is 1. The second-order valence-electron chi connectivity index (χ2n) is 1.32. The molecule has 0 aliphatic carbocycles. The molecule has 0 saturated heterocycles. The van der Waals surface area contributed by atoms with Crippen molar-refractivity contribution in [3.05, 3.63) is 19.1 Å². The van der Waals surface area contributed by atoms with Gasteiger partial charge < -0.3 is 9.79 Å². The molecule has 0 aromatic heterocycles. The summed E-state index contributed by atoms with van der Waals surface area (Å²) in [4.78, 5) is 16.4. The SMILES string of the molecule is [CH2]/C=C/CP(=O)(O)O. The summed E-state index contributed by atoms with van der Waals surface area (Å²) in [6, 6.07) is 0. The highest BCUT2D eigenvalue weighted by Gasteiger charge is 2.07. The molecule has 4 heteroatoms. The average Bonchev–Trinajstić information content (AvgIpc) is 1.59. The molecule has 0 amide bonds. The van der Waals surface area contributed by atoms with Crippen molar-refractivity contribution in [1.82, 2.24) is 0 Å². The van der Waals surface area contributed by atoms with E-state index >= 15 is 0 Å². The van der Waals surface area contributed by atoms with Gasteiger partial charge in [0.2, 0.25) is 0 Å². The van der Waals surface area contributed by atoms with E-state index < -0.39 is 7.60 Å². The molecule has 8 heavy (non-hydrogen) atoms. The molecule has 3 nitrogen and oxygen atoms in total. The molecule has 0 saturated carbocycles. The Hall–Kier alpha value is -0.110. The van der Waals surface area contributed by atoms with Crippen LogP contribution in [-0.4, -0.2) is 15.9 Å². The van der Waals surface area contributed by atoms with E-state index in [9.17, 15) is 4.57 Å². The summed E-state index contributed by atoms with van der Waals surface area (Å²) in [5.74, 6) is 0. The van der Waals surface area contributed by atoms with Crippen LogP contribution in [0.15, 0.2) is 12.2 Å². The molecule has 0 bridgehead atoms. The van der Waals surface area contributed by atoms with Crippen LogP contribution in [0.5, 0.6) is 0 Å². The van der Waals surface area contributed by atoms with Crippen molar-refractivity contribution < 1.29 is 14.4 Å². The predicted molar refractivity (Wildman–Crippen MR) is 31.4 cm³/mol. The molecule has 0 spiro atoms. The van der Waals surface area contributed by atoms with Crippen LogP contribution >= 0.6 is 7.60 Å². The Morgan fingerprint density at radius 2 is 2.12 bits per heavy atom. The van der Waals surface area contributed by atoms with Gasteiger partial charge in [-0.05, 0) is 6.92 Å². The zero-order chi connectivity index (χ0) is 6.62. The van der Waals surface area contributed by atoms with Crippen LogP contribution < -0.4 is 0 Å². The second-order valence-corrected chi connectivity index (χ2v) is 3.01. The van der Waals surface area contributed by atoms with Crippen LogP contribution in [0.1, 0.15) is 0 Å². The highest BCUT2D eigenvalue weighted by atomic mass is 31.2. The molecule has 0 fully saturated rings. The summed E-state index contributed by atoms with van der Waals surface area (Å²) in [5, 5.41) is 0. The van der Waals surface area contributed by atoms with Gasteiger partial charge in [0.25, 0.3) is 0 Å². The van der Waals surface area contributed by atoms with Gasteiger partial charge in [-0.15, -0.1) is 0 Å². The fourth-order valence-electron chi connectivity index (χ4n) is 0.212. The summed E-state index contributed by atoms with van der Waals surface area (Å²) in [6.07, 6.45) is 2.48. The first-order valence-electron chi connectivity index (χ1n) is 2.05. The van der Waals surface area contributed by atoms with E-state index in [1.54, 1.807) is 0 Å². The van der Waals surface area contributed by atoms with Crippen LogP contribution in [0.4, 0.5) is 0 Å². The highest BCUT2D eigenvalue weighted by Crippen LogP contribution is 2.33. The highest BCUT2D eigenvalue weighted by molar-refractivity contribution is 7.51. The molecule has 0 aliphatic heterocycles. The Bertz CT molecular complexity index is 123. The van der Waals surface area contributed by atoms with Crippen molar-refractivity contribution in [2.24, 2.45) is 0 Å². The molecule has 0 unspecified atom stereocenters. The van der Waals surface area contributed by atoms with Gasteiger partial charge in [-0.25, -0.2) is 0 Å². The van der Waals surface area contributed by atoms with Gasteiger partial charge in [-0.2, -0.15) is 0 Å². The van der Waals surface area contributed by atoms with Gasteiger partial charge in [0.1, 0.15) is 0 Å². The Kier molecular flexibility index (Phi) is 2.98. The quantitative estimate of drug-likeness (QED) is 0.543. The molecule has 0 rings (SSSR count). The van der Waals surface area contributed by atoms with Gasteiger partial charge in [0, 0.05) is 0 Å². The van der Waals surface area contributed by atoms with Crippen LogP contribution in [0.2, 0.25) is 0 Å². The van der Waals surface area contributed by atoms with Crippen LogP contribution in [0.25, 0.3) is 0 Å². The Labute approximate surface area is 48.2 Å². The first-order chi connectivity index (χ1) is 3.56. The van der Waals surface area contributed by atoms with Gasteiger partial charge >= 0.3 is 7.60 Å². The van der Waals surface area contributed by atoms with Crippen molar-refractivity contribution in [3.63, 3.8) is 0 Å². The van der Waals surface area contributed by atoms with Crippen LogP contribution in [0, 0.1) is 6.92 Å². The average molecular weight is 135 g/mol. The van der Waals surface area contributed by atoms with Crippen molar-refractivity contribution in [1.29, 1.82) is 0 Å². The predicted octanol–water partition coefficient (Wildman–Crippen LogP) is 0.554. The van der Waals surface area contributed by atoms with Crippen LogP contribution in [-0.2, 0) is 4.57 Å². The molecule has 0 atom stereocenters. The van der Waals surface area contributed by atoms with Crippen molar-refractivity contribution in [2.75, 3.05) is 6.16 Å². The third-order valence-corrected chi connectivity index (χ3v) is 1.20. The first kappa shape index (κ1) is 7.89. The fraction of sp³-hybridized carbons (Fsp3) is 0.250. The van der Waals surface area contributed by atoms with E-state index in [4.69, 9.17) is 9.79 Å². The second kappa shape index (κ2) is 3.02. The number of rotatable bonds is 2. The van der Waals surface area contributed by atoms with E-state index in [0.29, 0.717) is 0 Å². The monoisotopic (exact) mass is 135 g/mol. The van der Waals surface area contributed by atoms with Gasteiger partial charge in [-0.3, -0.25) is 4.57 Å². The molecule has 47 valence electrons. The molecule has 0 aromatic rings. The lowest BCUT2D eigenvalue weighted by atomic mass is 10.6. The summed E-state index contributed by atoms with van der Waals surface area (Å²) in [7, 11) is -3.81. The maximum absolute atomic E-state index is 10.0. The lowest BCUT2D eigenvalue weighted by molar-refractivity contribution is 0.377. The van der Waals surface area contributed by atoms with Crippen molar-refractivity contribution in [2.45, 2.75) is 0 Å². The van der Waals surface area contributed by atoms with E-state index in [-0.39, 0.29) is 6.16 Å². The number of hydrogen-bond donors (Lipinski definition) is 2. The molecular formula is C4H8O3P. The molecule has 0 aromatic carbocycles. The zero-order valence-corrected chi connectivity index (χ0v) is 5.21. The van der Waals surface area contributed by atoms with E-state index in [0.717, 1.165) is 0 Å². The molecule has 2 N–H and O–H groups in total. The van der Waals surface area contributed by atoms with Gasteiger partial charge in [0.15, 0.2) is 0 Å². The largest absolute Gasteiger partial charge is 0.329 e. The van der Waals surface area contributed by atoms with Crippen molar-refractivity contribution in [3.8, 4) is 0 Å². The minimum atomic E-state index is -3.81. The first-order valence-corrected chi connectivity index (χ1v) is 3.85. The topological polar surface area (TPSA) is 57.5 Å². The summed E-state index contributed by atoms with van der Waals surface area (Å²) in [6.45, 7) is 3.26. The maximum atomic E-state index is 10.0. The Morgan fingerprint density at radius 1 is 1.62 bits per heavy atom. The lowest BCUT2D eigenvalue weighted by Crippen LogP contribution is -1.80. The molecule has 0 aliphatic rings. The molecule has 0 heterocycles. The summed E-state index contributed by atoms with van der Waals surface area (Å²) >= 11 is 0. The normalized spacial score (nSPS) is 12.9. The molecular weight excluding hydrogens is 127 g/mol. The van der Waals surface area contributed by atoms with E-state index in [1.807, 2.05) is 0 Å². The Balaban J connectivity index is 3.57. The van der Waals surface area contributed by atoms with E-state index in [2.05, 4.69) is 6.92 Å². The summed E-state index contributed by atoms with van der Waals surface area (Å²) in [5.41, 5.74) is 0. The third kappa shape index (κ3) is 5.89. The van der Waals surface area contributed by atoms with E-state index in [1.165, 1.54) is 12.2 Å². The fourth-order valence-corrected chi connectivity index (χ4v) is 0.636. The third-order valence-electron chi connectivity index (χ3n) is 0.510. The minimum absolute atomic E-state index is 0.212.